The second kappa shape index (κ2) is 7.48. The van der Waals surface area contributed by atoms with Gasteiger partial charge in [-0.05, 0) is 18.2 Å². The molecule has 1 aromatic rings. The molecule has 128 valence electrons. The molecule has 1 amide bonds. The fourth-order valence-electron chi connectivity index (χ4n) is 2.37. The molecule has 1 aliphatic rings. The predicted molar refractivity (Wildman–Crippen MR) is 89.5 cm³/mol. The number of halogens is 1. The minimum absolute atomic E-state index is 0.168. The van der Waals surface area contributed by atoms with Gasteiger partial charge in [-0.15, -0.1) is 0 Å². The summed E-state index contributed by atoms with van der Waals surface area (Å²) in [6.07, 6.45) is 1.20. The van der Waals surface area contributed by atoms with E-state index in [1.165, 1.54) is 17.7 Å². The molecule has 0 aromatic heterocycles. The van der Waals surface area contributed by atoms with Crippen LogP contribution in [0.3, 0.4) is 0 Å². The third-order valence-electron chi connectivity index (χ3n) is 3.60. The molecule has 7 nitrogen and oxygen atoms in total. The van der Waals surface area contributed by atoms with Crippen molar-refractivity contribution in [3.8, 4) is 5.75 Å². The normalized spacial score (nSPS) is 17.0. The molecule has 0 saturated carbocycles. The van der Waals surface area contributed by atoms with Crippen LogP contribution in [0.4, 0.5) is 5.69 Å². The molecule has 0 spiro atoms. The zero-order valence-corrected chi connectivity index (χ0v) is 14.7. The SMILES string of the molecule is COc1ccc(NC(=O)CN2CCN(S(C)(=O)=O)CC2)cc1Cl. The van der Waals surface area contributed by atoms with Gasteiger partial charge < -0.3 is 10.1 Å². The van der Waals surface area contributed by atoms with E-state index in [1.807, 2.05) is 4.90 Å². The smallest absolute Gasteiger partial charge is 0.238 e. The number of hydrogen-bond donors (Lipinski definition) is 1. The Morgan fingerprint density at radius 3 is 2.48 bits per heavy atom. The summed E-state index contributed by atoms with van der Waals surface area (Å²) in [7, 11) is -1.63. The van der Waals surface area contributed by atoms with E-state index < -0.39 is 10.0 Å². The van der Waals surface area contributed by atoms with E-state index in [-0.39, 0.29) is 12.5 Å². The monoisotopic (exact) mass is 361 g/mol. The Labute approximate surface area is 141 Å². The Morgan fingerprint density at radius 1 is 1.30 bits per heavy atom. The number of anilines is 1. The van der Waals surface area contributed by atoms with Crippen LogP contribution >= 0.6 is 11.6 Å². The van der Waals surface area contributed by atoms with Crippen LogP contribution in [-0.2, 0) is 14.8 Å². The summed E-state index contributed by atoms with van der Waals surface area (Å²) in [4.78, 5) is 14.0. The van der Waals surface area contributed by atoms with Gasteiger partial charge in [0.1, 0.15) is 5.75 Å². The Balaban J connectivity index is 1.85. The number of sulfonamides is 1. The maximum atomic E-state index is 12.1. The number of methoxy groups -OCH3 is 1. The van der Waals surface area contributed by atoms with E-state index in [0.717, 1.165) is 0 Å². The molecule has 1 heterocycles. The fraction of sp³-hybridized carbons (Fsp3) is 0.500. The van der Waals surface area contributed by atoms with Crippen molar-refractivity contribution in [3.63, 3.8) is 0 Å². The first-order valence-electron chi connectivity index (χ1n) is 7.10. The number of carbonyl (C=O) groups excluding carboxylic acids is 1. The van der Waals surface area contributed by atoms with E-state index in [0.29, 0.717) is 42.6 Å². The molecular weight excluding hydrogens is 342 g/mol. The lowest BCUT2D eigenvalue weighted by atomic mass is 10.3. The average molecular weight is 362 g/mol. The van der Waals surface area contributed by atoms with E-state index in [9.17, 15) is 13.2 Å². The largest absolute Gasteiger partial charge is 0.495 e. The molecule has 23 heavy (non-hydrogen) atoms. The summed E-state index contributed by atoms with van der Waals surface area (Å²) in [5.74, 6) is 0.376. The van der Waals surface area contributed by atoms with Crippen LogP contribution in [0.2, 0.25) is 5.02 Å². The van der Waals surface area contributed by atoms with Gasteiger partial charge in [-0.3, -0.25) is 9.69 Å². The van der Waals surface area contributed by atoms with E-state index in [1.54, 1.807) is 18.2 Å². The molecule has 9 heteroatoms. The predicted octanol–water partition coefficient (Wildman–Crippen LogP) is 0.864. The maximum Gasteiger partial charge on any atom is 0.238 e. The molecule has 2 rings (SSSR count). The molecule has 0 atom stereocenters. The second-order valence-corrected chi connectivity index (χ2v) is 7.73. The van der Waals surface area contributed by atoms with Crippen LogP contribution in [0.1, 0.15) is 0 Å². The zero-order valence-electron chi connectivity index (χ0n) is 13.1. The topological polar surface area (TPSA) is 79.0 Å². The number of rotatable bonds is 5. The average Bonchev–Trinajstić information content (AvgIpc) is 2.47. The number of benzene rings is 1. The van der Waals surface area contributed by atoms with Gasteiger partial charge in [-0.25, -0.2) is 8.42 Å². The van der Waals surface area contributed by atoms with Gasteiger partial charge in [0, 0.05) is 31.9 Å². The highest BCUT2D eigenvalue weighted by molar-refractivity contribution is 7.88. The van der Waals surface area contributed by atoms with Gasteiger partial charge >= 0.3 is 0 Å². The summed E-state index contributed by atoms with van der Waals surface area (Å²) in [6.45, 7) is 2.08. The molecule has 0 radical (unpaired) electrons. The lowest BCUT2D eigenvalue weighted by molar-refractivity contribution is -0.117. The van der Waals surface area contributed by atoms with Crippen molar-refractivity contribution in [1.29, 1.82) is 0 Å². The number of amides is 1. The number of carbonyl (C=O) groups is 1. The second-order valence-electron chi connectivity index (χ2n) is 5.34. The zero-order chi connectivity index (χ0) is 17.0. The molecule has 1 aromatic carbocycles. The molecule has 1 N–H and O–H groups in total. The number of nitrogens with zero attached hydrogens (tertiary/aromatic N) is 2. The van der Waals surface area contributed by atoms with E-state index in [4.69, 9.17) is 16.3 Å². The highest BCUT2D eigenvalue weighted by Gasteiger charge is 2.24. The Hall–Kier alpha value is -1.35. The number of ether oxygens (including phenoxy) is 1. The standard InChI is InChI=1S/C14H20ClN3O4S/c1-22-13-4-3-11(9-12(13)15)16-14(19)10-17-5-7-18(8-6-17)23(2,20)21/h3-4,9H,5-8,10H2,1-2H3,(H,16,19). The lowest BCUT2D eigenvalue weighted by Gasteiger charge is -2.32. The summed E-state index contributed by atoms with van der Waals surface area (Å²) in [5, 5.41) is 3.19. The van der Waals surface area contributed by atoms with Crippen molar-refractivity contribution < 1.29 is 17.9 Å². The highest BCUT2D eigenvalue weighted by Crippen LogP contribution is 2.27. The first-order valence-corrected chi connectivity index (χ1v) is 9.33. The van der Waals surface area contributed by atoms with Gasteiger partial charge in [0.2, 0.25) is 15.9 Å². The number of piperazine rings is 1. The van der Waals surface area contributed by atoms with Gasteiger partial charge in [-0.2, -0.15) is 4.31 Å². The molecule has 1 fully saturated rings. The minimum Gasteiger partial charge on any atom is -0.495 e. The first kappa shape index (κ1) is 18.0. The molecule has 1 saturated heterocycles. The van der Waals surface area contributed by atoms with Crippen LogP contribution in [0.5, 0.6) is 5.75 Å². The summed E-state index contributed by atoms with van der Waals surface area (Å²) < 4.78 is 29.4. The van der Waals surface area contributed by atoms with Crippen LogP contribution in [0, 0.1) is 0 Å². The lowest BCUT2D eigenvalue weighted by Crippen LogP contribution is -2.50. The van der Waals surface area contributed by atoms with Crippen LogP contribution in [-0.4, -0.2) is 69.6 Å². The molecule has 0 bridgehead atoms. The fourth-order valence-corrected chi connectivity index (χ4v) is 3.45. The quantitative estimate of drug-likeness (QED) is 0.841. The van der Waals surface area contributed by atoms with Crippen molar-refractivity contribution >= 4 is 33.2 Å². The highest BCUT2D eigenvalue weighted by atomic mass is 35.5. The van der Waals surface area contributed by atoms with Gasteiger partial charge in [0.15, 0.2) is 0 Å². The molecule has 0 aliphatic carbocycles. The third kappa shape index (κ3) is 5.07. The van der Waals surface area contributed by atoms with Gasteiger partial charge in [0.25, 0.3) is 0 Å². The third-order valence-corrected chi connectivity index (χ3v) is 5.20. The first-order chi connectivity index (χ1) is 10.8. The minimum atomic E-state index is -3.16. The molecule has 0 unspecified atom stereocenters. The molecule has 1 aliphatic heterocycles. The van der Waals surface area contributed by atoms with Crippen molar-refractivity contribution in [1.82, 2.24) is 9.21 Å². The van der Waals surface area contributed by atoms with Crippen molar-refractivity contribution in [2.45, 2.75) is 0 Å². The van der Waals surface area contributed by atoms with Crippen LogP contribution in [0.25, 0.3) is 0 Å². The summed E-state index contributed by atoms with van der Waals surface area (Å²) in [5.41, 5.74) is 0.593. The van der Waals surface area contributed by atoms with E-state index in [2.05, 4.69) is 5.32 Å². The maximum absolute atomic E-state index is 12.1. The van der Waals surface area contributed by atoms with Crippen molar-refractivity contribution in [2.75, 3.05) is 51.4 Å². The summed E-state index contributed by atoms with van der Waals surface area (Å²) >= 11 is 6.01. The van der Waals surface area contributed by atoms with Crippen molar-refractivity contribution in [3.05, 3.63) is 23.2 Å². The Morgan fingerprint density at radius 2 is 1.96 bits per heavy atom. The Bertz CT molecular complexity index is 673. The van der Waals surface area contributed by atoms with Crippen molar-refractivity contribution in [2.24, 2.45) is 0 Å². The van der Waals surface area contributed by atoms with E-state index >= 15 is 0 Å². The molecular formula is C14H20ClN3O4S. The summed E-state index contributed by atoms with van der Waals surface area (Å²) in [6, 6.07) is 5.02. The van der Waals surface area contributed by atoms with Gasteiger partial charge in [0.05, 0.1) is 24.9 Å². The number of hydrogen-bond acceptors (Lipinski definition) is 5. The van der Waals surface area contributed by atoms with Gasteiger partial charge in [-0.1, -0.05) is 11.6 Å². The number of nitrogens with one attached hydrogen (secondary N) is 1. The van der Waals surface area contributed by atoms with Crippen LogP contribution < -0.4 is 10.1 Å². The Kier molecular flexibility index (Phi) is 5.85. The van der Waals surface area contributed by atoms with Crippen LogP contribution in [0.15, 0.2) is 18.2 Å².